The first kappa shape index (κ1) is 15.9. The highest BCUT2D eigenvalue weighted by molar-refractivity contribution is 5.90. The maximum absolute atomic E-state index is 11.3. The standard InChI is InChI=1S/C14H25NO2/c1-5-13(16)12(3)10-8-7-9-11-15(4)14(17)6-2/h5,12H,1,6-11H2,2-4H3. The van der Waals surface area contributed by atoms with Crippen molar-refractivity contribution in [2.75, 3.05) is 13.6 Å². The van der Waals surface area contributed by atoms with Crippen molar-refractivity contribution in [1.82, 2.24) is 4.90 Å². The lowest BCUT2D eigenvalue weighted by atomic mass is 9.99. The second-order valence-electron chi connectivity index (χ2n) is 4.53. The van der Waals surface area contributed by atoms with Crippen molar-refractivity contribution in [3.05, 3.63) is 12.7 Å². The molecule has 0 aliphatic rings. The third-order valence-corrected chi connectivity index (χ3v) is 3.05. The summed E-state index contributed by atoms with van der Waals surface area (Å²) in [6, 6.07) is 0. The van der Waals surface area contributed by atoms with Crippen LogP contribution >= 0.6 is 0 Å². The van der Waals surface area contributed by atoms with Gasteiger partial charge in [0.1, 0.15) is 0 Å². The summed E-state index contributed by atoms with van der Waals surface area (Å²) in [6.45, 7) is 8.12. The van der Waals surface area contributed by atoms with Crippen LogP contribution < -0.4 is 0 Å². The molecule has 0 spiro atoms. The Morgan fingerprint density at radius 3 is 2.47 bits per heavy atom. The van der Waals surface area contributed by atoms with Crippen molar-refractivity contribution in [3.8, 4) is 0 Å². The van der Waals surface area contributed by atoms with Gasteiger partial charge in [-0.3, -0.25) is 9.59 Å². The number of rotatable bonds is 9. The quantitative estimate of drug-likeness (QED) is 0.458. The van der Waals surface area contributed by atoms with Crippen LogP contribution in [0.15, 0.2) is 12.7 Å². The predicted molar refractivity (Wildman–Crippen MR) is 70.8 cm³/mol. The van der Waals surface area contributed by atoms with Crippen molar-refractivity contribution in [3.63, 3.8) is 0 Å². The molecule has 0 aliphatic carbocycles. The number of hydrogen-bond donors (Lipinski definition) is 0. The summed E-state index contributed by atoms with van der Waals surface area (Å²) in [4.78, 5) is 24.3. The zero-order valence-electron chi connectivity index (χ0n) is 11.4. The van der Waals surface area contributed by atoms with Gasteiger partial charge in [0, 0.05) is 25.9 Å². The summed E-state index contributed by atoms with van der Waals surface area (Å²) in [7, 11) is 1.84. The van der Waals surface area contributed by atoms with Crippen molar-refractivity contribution in [2.45, 2.75) is 46.0 Å². The Morgan fingerprint density at radius 1 is 1.29 bits per heavy atom. The van der Waals surface area contributed by atoms with E-state index in [4.69, 9.17) is 0 Å². The van der Waals surface area contributed by atoms with E-state index in [1.165, 1.54) is 6.08 Å². The summed E-state index contributed by atoms with van der Waals surface area (Å²) >= 11 is 0. The van der Waals surface area contributed by atoms with Gasteiger partial charge in [0.05, 0.1) is 0 Å². The zero-order chi connectivity index (χ0) is 13.3. The molecule has 0 fully saturated rings. The molecule has 0 aromatic heterocycles. The zero-order valence-corrected chi connectivity index (χ0v) is 11.4. The van der Waals surface area contributed by atoms with Crippen LogP contribution in [0.1, 0.15) is 46.0 Å². The van der Waals surface area contributed by atoms with Crippen LogP contribution in [-0.4, -0.2) is 30.2 Å². The molecule has 1 amide bonds. The monoisotopic (exact) mass is 239 g/mol. The number of allylic oxidation sites excluding steroid dienone is 1. The number of nitrogens with zero attached hydrogens (tertiary/aromatic N) is 1. The van der Waals surface area contributed by atoms with E-state index in [9.17, 15) is 9.59 Å². The fraction of sp³-hybridized carbons (Fsp3) is 0.714. The average molecular weight is 239 g/mol. The first-order valence-corrected chi connectivity index (χ1v) is 6.43. The Hall–Kier alpha value is -1.12. The maximum Gasteiger partial charge on any atom is 0.222 e. The molecule has 0 N–H and O–H groups in total. The van der Waals surface area contributed by atoms with Gasteiger partial charge in [-0.15, -0.1) is 0 Å². The molecule has 0 aliphatic heterocycles. The van der Waals surface area contributed by atoms with Crippen LogP contribution in [0.4, 0.5) is 0 Å². The molecule has 0 heterocycles. The molecule has 0 bridgehead atoms. The third kappa shape index (κ3) is 6.93. The molecule has 0 rings (SSSR count). The highest BCUT2D eigenvalue weighted by atomic mass is 16.2. The molecule has 0 saturated carbocycles. The van der Waals surface area contributed by atoms with Gasteiger partial charge in [-0.2, -0.15) is 0 Å². The Bertz CT molecular complexity index is 261. The normalized spacial score (nSPS) is 11.9. The fourth-order valence-corrected chi connectivity index (χ4v) is 1.71. The molecule has 98 valence electrons. The van der Waals surface area contributed by atoms with Crippen molar-refractivity contribution >= 4 is 11.7 Å². The van der Waals surface area contributed by atoms with Gasteiger partial charge in [-0.1, -0.05) is 33.3 Å². The van der Waals surface area contributed by atoms with Crippen molar-refractivity contribution < 1.29 is 9.59 Å². The Labute approximate surface area is 105 Å². The molecule has 1 atom stereocenters. The number of carbonyl (C=O) groups excluding carboxylic acids is 2. The van der Waals surface area contributed by atoms with E-state index in [1.807, 2.05) is 20.9 Å². The molecule has 1 unspecified atom stereocenters. The van der Waals surface area contributed by atoms with E-state index in [2.05, 4.69) is 6.58 Å². The Balaban J connectivity index is 3.56. The minimum atomic E-state index is 0.0857. The molecule has 0 radical (unpaired) electrons. The second-order valence-corrected chi connectivity index (χ2v) is 4.53. The third-order valence-electron chi connectivity index (χ3n) is 3.05. The summed E-state index contributed by atoms with van der Waals surface area (Å²) in [5, 5.41) is 0. The van der Waals surface area contributed by atoms with Gasteiger partial charge in [0.2, 0.25) is 5.91 Å². The summed E-state index contributed by atoms with van der Waals surface area (Å²) < 4.78 is 0. The first-order valence-electron chi connectivity index (χ1n) is 6.43. The first-order chi connectivity index (χ1) is 8.02. The van der Waals surface area contributed by atoms with Crippen LogP contribution in [-0.2, 0) is 9.59 Å². The number of ketones is 1. The highest BCUT2D eigenvalue weighted by Gasteiger charge is 2.09. The van der Waals surface area contributed by atoms with Gasteiger partial charge >= 0.3 is 0 Å². The number of carbonyl (C=O) groups is 2. The number of unbranched alkanes of at least 4 members (excludes halogenated alkanes) is 2. The predicted octanol–water partition coefficient (Wildman–Crippen LogP) is 2.81. The number of hydrogen-bond acceptors (Lipinski definition) is 2. The molecule has 0 aromatic rings. The van der Waals surface area contributed by atoms with Gasteiger partial charge in [-0.05, 0) is 18.9 Å². The molecule has 17 heavy (non-hydrogen) atoms. The molecular formula is C14H25NO2. The topological polar surface area (TPSA) is 37.4 Å². The Morgan fingerprint density at radius 2 is 1.94 bits per heavy atom. The molecule has 3 heteroatoms. The van der Waals surface area contributed by atoms with E-state index in [0.29, 0.717) is 6.42 Å². The highest BCUT2D eigenvalue weighted by Crippen LogP contribution is 2.11. The smallest absolute Gasteiger partial charge is 0.222 e. The fourth-order valence-electron chi connectivity index (χ4n) is 1.71. The van der Waals surface area contributed by atoms with Crippen LogP contribution in [0.2, 0.25) is 0 Å². The van der Waals surface area contributed by atoms with E-state index in [-0.39, 0.29) is 17.6 Å². The minimum Gasteiger partial charge on any atom is -0.346 e. The van der Waals surface area contributed by atoms with Crippen LogP contribution in [0, 0.1) is 5.92 Å². The van der Waals surface area contributed by atoms with Crippen molar-refractivity contribution in [1.29, 1.82) is 0 Å². The van der Waals surface area contributed by atoms with Gasteiger partial charge in [0.15, 0.2) is 5.78 Å². The van der Waals surface area contributed by atoms with Crippen molar-refractivity contribution in [2.24, 2.45) is 5.92 Å². The summed E-state index contributed by atoms with van der Waals surface area (Å²) in [5.41, 5.74) is 0. The van der Waals surface area contributed by atoms with E-state index in [0.717, 1.165) is 32.2 Å². The molecule has 3 nitrogen and oxygen atoms in total. The minimum absolute atomic E-state index is 0.0857. The SMILES string of the molecule is C=CC(=O)C(C)CCCCCN(C)C(=O)CC. The Kier molecular flexibility index (Phi) is 8.38. The summed E-state index contributed by atoms with van der Waals surface area (Å²) in [6.07, 6.45) is 6.00. The molecule has 0 saturated heterocycles. The van der Waals surface area contributed by atoms with Gasteiger partial charge in [-0.25, -0.2) is 0 Å². The van der Waals surface area contributed by atoms with E-state index < -0.39 is 0 Å². The van der Waals surface area contributed by atoms with Crippen LogP contribution in [0.3, 0.4) is 0 Å². The summed E-state index contributed by atoms with van der Waals surface area (Å²) in [5.74, 6) is 0.408. The van der Waals surface area contributed by atoms with Crippen LogP contribution in [0.5, 0.6) is 0 Å². The molecular weight excluding hydrogens is 214 g/mol. The maximum atomic E-state index is 11.3. The van der Waals surface area contributed by atoms with Gasteiger partial charge < -0.3 is 4.90 Å². The second kappa shape index (κ2) is 8.97. The largest absolute Gasteiger partial charge is 0.346 e. The van der Waals surface area contributed by atoms with Crippen LogP contribution in [0.25, 0.3) is 0 Å². The average Bonchev–Trinajstić information content (AvgIpc) is 2.35. The van der Waals surface area contributed by atoms with E-state index in [1.54, 1.807) is 4.90 Å². The lowest BCUT2D eigenvalue weighted by Gasteiger charge is -2.16. The molecule has 0 aromatic carbocycles. The lowest BCUT2D eigenvalue weighted by Crippen LogP contribution is -2.26. The number of amides is 1. The van der Waals surface area contributed by atoms with Gasteiger partial charge in [0.25, 0.3) is 0 Å². The lowest BCUT2D eigenvalue weighted by molar-refractivity contribution is -0.129. The van der Waals surface area contributed by atoms with E-state index >= 15 is 0 Å².